The SMILES string of the molecule is C[C@H](CCC(=O)O)[C@H]1CC[C@H]2[C@@H]3[C@H](O)C[C@@H]4C[C@H](OCCCCCCNC(=O)C5(C)CC(C)(C(=O)NCCCCCCO[C@H]6CC[C@@]7(C)[C@@H](C6)C[C@@H](O)[C@@H]6[C@@H]7C[C@H](O)[C@]7(C)[C@@H]([C@H](C)CCC(=O)O)CC[C@@H]67)CC(C)(C(=O)NCCCCCCO[C@H]6CC[C@@]7(C)[C@@H](C6)C[C@@H](O)[C@@H]6[C@@H]7C[C@H](O)[C@]7(C)[C@@H]([C@H](C)CCC(=O)O)CC[C@@H]67)C5)CC[C@]4(C)[C@H]3C[C@H](O)[C@]12C. The summed E-state index contributed by atoms with van der Waals surface area (Å²) in [6, 6.07) is 0. The van der Waals surface area contributed by atoms with Gasteiger partial charge in [0.1, 0.15) is 0 Å². The van der Waals surface area contributed by atoms with Crippen molar-refractivity contribution in [3.63, 3.8) is 0 Å². The summed E-state index contributed by atoms with van der Waals surface area (Å²) in [5.41, 5.74) is -3.93. The second-order valence-corrected chi connectivity index (χ2v) is 47.0. The van der Waals surface area contributed by atoms with E-state index in [1.165, 1.54) is 0 Å². The predicted octanol–water partition coefficient (Wildman–Crippen LogP) is 16.7. The maximum Gasteiger partial charge on any atom is 0.303 e. The zero-order valence-corrected chi connectivity index (χ0v) is 78.2. The number of unbranched alkanes of at least 4 members (excludes halogenated alkanes) is 9. The van der Waals surface area contributed by atoms with Crippen molar-refractivity contribution >= 4 is 35.6 Å². The van der Waals surface area contributed by atoms with Gasteiger partial charge in [0.2, 0.25) is 17.7 Å². The van der Waals surface area contributed by atoms with Crippen LogP contribution < -0.4 is 16.0 Å². The molecule has 0 bridgehead atoms. The minimum atomic E-state index is -1.00. The molecule has 13 saturated carbocycles. The second-order valence-electron chi connectivity index (χ2n) is 47.0. The maximum absolute atomic E-state index is 14.8. The highest BCUT2D eigenvalue weighted by Crippen LogP contribution is 2.73. The Hall–Kier alpha value is -3.54. The highest BCUT2D eigenvalue weighted by Gasteiger charge is 2.70. The molecule has 0 spiro atoms. The first-order valence-corrected chi connectivity index (χ1v) is 50.6. The van der Waals surface area contributed by atoms with Crippen molar-refractivity contribution in [3.05, 3.63) is 0 Å². The summed E-state index contributed by atoms with van der Waals surface area (Å²) in [5.74, 6) is 1.38. The first-order chi connectivity index (χ1) is 58.2. The van der Waals surface area contributed by atoms with E-state index in [-0.39, 0.29) is 177 Å². The van der Waals surface area contributed by atoms with Gasteiger partial charge >= 0.3 is 17.9 Å². The van der Waals surface area contributed by atoms with Crippen LogP contribution in [0.15, 0.2) is 0 Å². The van der Waals surface area contributed by atoms with Crippen LogP contribution >= 0.6 is 0 Å². The van der Waals surface area contributed by atoms with Crippen molar-refractivity contribution in [3.8, 4) is 0 Å². The van der Waals surface area contributed by atoms with Gasteiger partial charge in [-0.05, 0) is 351 Å². The number of rotatable bonds is 39. The van der Waals surface area contributed by atoms with Gasteiger partial charge in [0.25, 0.3) is 0 Å². The van der Waals surface area contributed by atoms with Crippen LogP contribution in [-0.2, 0) is 43.0 Å². The molecule has 0 aromatic carbocycles. The number of carbonyl (C=O) groups is 6. The molecule has 702 valence electrons. The monoisotopic (exact) mass is 1730 g/mol. The van der Waals surface area contributed by atoms with E-state index in [9.17, 15) is 74.7 Å². The number of amides is 3. The molecule has 123 heavy (non-hydrogen) atoms. The first-order valence-electron chi connectivity index (χ1n) is 50.6. The number of carbonyl (C=O) groups excluding carboxylic acids is 3. The summed E-state index contributed by atoms with van der Waals surface area (Å²) in [6.45, 7) is 29.8. The van der Waals surface area contributed by atoms with Crippen molar-refractivity contribution < 1.29 is 88.9 Å². The molecule has 21 nitrogen and oxygen atoms in total. The zero-order valence-electron chi connectivity index (χ0n) is 78.2. The summed E-state index contributed by atoms with van der Waals surface area (Å²) < 4.78 is 19.9. The van der Waals surface area contributed by atoms with Crippen LogP contribution in [0.25, 0.3) is 0 Å². The largest absolute Gasteiger partial charge is 0.481 e. The van der Waals surface area contributed by atoms with E-state index >= 15 is 0 Å². The van der Waals surface area contributed by atoms with Gasteiger partial charge in [0, 0.05) is 75.0 Å². The van der Waals surface area contributed by atoms with Crippen molar-refractivity contribution in [1.29, 1.82) is 0 Å². The molecule has 0 aromatic rings. The van der Waals surface area contributed by atoms with E-state index in [4.69, 9.17) is 14.2 Å². The van der Waals surface area contributed by atoms with Gasteiger partial charge in [-0.25, -0.2) is 0 Å². The van der Waals surface area contributed by atoms with E-state index in [2.05, 4.69) is 78.3 Å². The fourth-order valence-electron chi connectivity index (χ4n) is 33.4. The number of aliphatic hydroxyl groups is 6. The number of carboxylic acid groups (broad SMARTS) is 3. The number of hydrogen-bond donors (Lipinski definition) is 12. The molecular formula is C102H171N3O18. The predicted molar refractivity (Wildman–Crippen MR) is 474 cm³/mol. The van der Waals surface area contributed by atoms with E-state index in [1.807, 2.05) is 20.8 Å². The van der Waals surface area contributed by atoms with E-state index in [0.717, 1.165) is 193 Å². The molecule has 3 amide bonds. The Labute approximate surface area is 739 Å². The molecular weight excluding hydrogens is 1560 g/mol. The Bertz CT molecular complexity index is 3220. The molecule has 35 atom stereocenters. The van der Waals surface area contributed by atoms with Crippen molar-refractivity contribution in [1.82, 2.24) is 16.0 Å². The van der Waals surface area contributed by atoms with Crippen LogP contribution in [0.4, 0.5) is 0 Å². The Morgan fingerprint density at radius 2 is 0.577 bits per heavy atom. The molecule has 0 saturated heterocycles. The molecule has 2 unspecified atom stereocenters. The van der Waals surface area contributed by atoms with Gasteiger partial charge in [-0.2, -0.15) is 0 Å². The van der Waals surface area contributed by atoms with Crippen molar-refractivity contribution in [2.75, 3.05) is 39.5 Å². The highest BCUT2D eigenvalue weighted by atomic mass is 16.5. The maximum atomic E-state index is 14.8. The Morgan fingerprint density at radius 1 is 0.325 bits per heavy atom. The third-order valence-electron chi connectivity index (χ3n) is 40.1. The number of ether oxygens (including phenoxy) is 3. The molecule has 13 fully saturated rings. The number of hydrogen-bond acceptors (Lipinski definition) is 15. The number of nitrogens with one attached hydrogen (secondary N) is 3. The van der Waals surface area contributed by atoms with E-state index in [0.29, 0.717) is 115 Å². The normalized spacial score (nSPS) is 45.4. The molecule has 0 radical (unpaired) electrons. The summed E-state index contributed by atoms with van der Waals surface area (Å²) in [5, 5.41) is 111. The first kappa shape index (κ1) is 97.0. The topological polar surface area (TPSA) is 348 Å². The lowest BCUT2D eigenvalue weighted by molar-refractivity contribution is -0.209. The minimum Gasteiger partial charge on any atom is -0.481 e. The molecule has 21 heteroatoms. The van der Waals surface area contributed by atoms with Gasteiger partial charge in [-0.15, -0.1) is 0 Å². The highest BCUT2D eigenvalue weighted by molar-refractivity contribution is 5.90. The van der Waals surface area contributed by atoms with Crippen LogP contribution in [0, 0.1) is 155 Å². The van der Waals surface area contributed by atoms with Gasteiger partial charge < -0.3 is 76.1 Å². The van der Waals surface area contributed by atoms with Crippen LogP contribution in [-0.4, -0.2) is 176 Å². The number of fused-ring (bicyclic) bond motifs is 15. The fraction of sp³-hybridized carbons (Fsp3) is 0.941. The fourth-order valence-corrected chi connectivity index (χ4v) is 33.4. The summed E-state index contributed by atoms with van der Waals surface area (Å²) in [7, 11) is 0. The average molecular weight is 1730 g/mol. The second kappa shape index (κ2) is 39.5. The Balaban J connectivity index is 0.548. The van der Waals surface area contributed by atoms with Gasteiger partial charge in [0.15, 0.2) is 0 Å². The lowest BCUT2D eigenvalue weighted by atomic mass is 9.43. The summed E-state index contributed by atoms with van der Waals surface area (Å²) in [6.07, 6.45) is 30.4. The van der Waals surface area contributed by atoms with Crippen LogP contribution in [0.1, 0.15) is 353 Å². The minimum absolute atomic E-state index is 0.0166. The molecule has 0 heterocycles. The van der Waals surface area contributed by atoms with Crippen molar-refractivity contribution in [2.45, 2.75) is 408 Å². The number of aliphatic carboxylic acids is 3. The molecule has 0 aliphatic heterocycles. The van der Waals surface area contributed by atoms with Crippen LogP contribution in [0.3, 0.4) is 0 Å². The Kier molecular flexibility index (Phi) is 31.1. The summed E-state index contributed by atoms with van der Waals surface area (Å²) >= 11 is 0. The van der Waals surface area contributed by atoms with Crippen LogP contribution in [0.5, 0.6) is 0 Å². The molecule has 13 aliphatic rings. The third-order valence-corrected chi connectivity index (χ3v) is 40.1. The molecule has 13 aliphatic carbocycles. The number of carboxylic acids is 3. The lowest BCUT2D eigenvalue weighted by Gasteiger charge is -2.63. The number of aliphatic hydroxyl groups excluding tert-OH is 6. The standard InChI is InChI=1S/C102H171N3O18/c1-61(25-34-85(112)113)70-28-31-73-88-76(55-82(109)100(70,73)10)97(7)40-37-67(49-64(97)52-79(88)106)121-46-22-16-13-19-43-103-91(118)94(4)58-95(5,92(119)104-44-20-14-17-23-47-122-68-38-41-98(8)65(50-68)53-80(107)89-74-32-29-71(62(2)26-35-86(114)115)101(74,11)83(110)56-77(89)98)60-96(6,59-94)93(120)105-45-21-15-18-24-48-123-69-39-42-99(9)66(51-69)54-81(108)90-75-33-30-72(63(3)27-36-87(116)117)102(75,12)84(111)57-78(90)99/h61-84,88-90,106-111H,13-60H2,1-12H3,(H,103,118)(H,104,119)(H,105,120)(H,112,113)(H,114,115)(H,116,117)/t61-,62-,63-,64+,65+,66+,67-,68+,69+,70-,71-,72-,73+,74+,75+,76+,77+,78+,79-,80-,81-,82+,83+,84+,88+,89+,90+,94?,95?,96?,97+,98+,99+,100-,101-,102-/m1/s1. The van der Waals surface area contributed by atoms with E-state index in [1.54, 1.807) is 0 Å². The average Bonchev–Trinajstić information content (AvgIpc) is 1.68. The van der Waals surface area contributed by atoms with Gasteiger partial charge in [-0.1, -0.05) is 122 Å². The smallest absolute Gasteiger partial charge is 0.303 e. The molecule has 0 aromatic heterocycles. The molecule has 12 N–H and O–H groups in total. The Morgan fingerprint density at radius 3 is 0.829 bits per heavy atom. The van der Waals surface area contributed by atoms with Crippen molar-refractivity contribution in [2.24, 2.45) is 155 Å². The molecule has 13 rings (SSSR count). The lowest BCUT2D eigenvalue weighted by Crippen LogP contribution is -2.62. The quantitative estimate of drug-likeness (QED) is 0.0254. The van der Waals surface area contributed by atoms with Crippen LogP contribution in [0.2, 0.25) is 0 Å². The van der Waals surface area contributed by atoms with E-state index < -0.39 is 70.8 Å². The third kappa shape index (κ3) is 19.4. The summed E-state index contributed by atoms with van der Waals surface area (Å²) in [4.78, 5) is 78.9. The zero-order chi connectivity index (χ0) is 88.7. The van der Waals surface area contributed by atoms with Gasteiger partial charge in [0.05, 0.1) is 54.9 Å². The van der Waals surface area contributed by atoms with Gasteiger partial charge in [-0.3, -0.25) is 28.8 Å².